The van der Waals surface area contributed by atoms with Crippen LogP contribution < -0.4 is 11.1 Å². The minimum Gasteiger partial charge on any atom is -0.351 e. The van der Waals surface area contributed by atoms with Crippen molar-refractivity contribution in [2.75, 3.05) is 5.32 Å². The van der Waals surface area contributed by atoms with Crippen LogP contribution in [0.15, 0.2) is 18.2 Å². The highest BCUT2D eigenvalue weighted by atomic mass is 16.2. The number of hydrogen-bond donors (Lipinski definition) is 2. The van der Waals surface area contributed by atoms with Gasteiger partial charge >= 0.3 is 6.03 Å². The molecule has 3 N–H and O–H groups in total. The molecule has 0 aliphatic heterocycles. The van der Waals surface area contributed by atoms with E-state index in [2.05, 4.69) is 5.32 Å². The maximum Gasteiger partial charge on any atom is 0.316 e. The zero-order valence-corrected chi connectivity index (χ0v) is 12.2. The average molecular weight is 286 g/mol. The third-order valence-corrected chi connectivity index (χ3v) is 4.83. The van der Waals surface area contributed by atoms with E-state index in [4.69, 9.17) is 5.73 Å². The number of primary amides is 1. The fourth-order valence-corrected chi connectivity index (χ4v) is 3.85. The lowest BCUT2D eigenvalue weighted by Gasteiger charge is -2.24. The van der Waals surface area contributed by atoms with E-state index in [1.807, 2.05) is 12.1 Å². The maximum atomic E-state index is 12.1. The molecule has 0 bridgehead atoms. The Morgan fingerprint density at radius 1 is 1.24 bits per heavy atom. The van der Waals surface area contributed by atoms with Gasteiger partial charge in [0.15, 0.2) is 5.78 Å². The number of carbonyl (C=O) groups is 2. The number of amides is 2. The van der Waals surface area contributed by atoms with Crippen molar-refractivity contribution in [2.45, 2.75) is 50.9 Å². The smallest absolute Gasteiger partial charge is 0.316 e. The number of rotatable bonds is 3. The number of nitrogens with two attached hydrogens (primary N) is 1. The number of benzene rings is 1. The summed E-state index contributed by atoms with van der Waals surface area (Å²) in [4.78, 5) is 23.1. The van der Waals surface area contributed by atoms with Crippen molar-refractivity contribution >= 4 is 17.5 Å². The molecule has 1 fully saturated rings. The second-order valence-corrected chi connectivity index (χ2v) is 6.36. The van der Waals surface area contributed by atoms with E-state index in [9.17, 15) is 9.59 Å². The maximum absolute atomic E-state index is 12.1. The van der Waals surface area contributed by atoms with E-state index >= 15 is 0 Å². The van der Waals surface area contributed by atoms with Crippen LogP contribution >= 0.6 is 0 Å². The molecule has 0 radical (unpaired) electrons. The topological polar surface area (TPSA) is 72.2 Å². The van der Waals surface area contributed by atoms with Gasteiger partial charge in [-0.1, -0.05) is 32.1 Å². The summed E-state index contributed by atoms with van der Waals surface area (Å²) in [7, 11) is 0. The highest BCUT2D eigenvalue weighted by molar-refractivity contribution is 6.02. The van der Waals surface area contributed by atoms with Crippen molar-refractivity contribution in [3.05, 3.63) is 29.3 Å². The first-order valence-electron chi connectivity index (χ1n) is 7.87. The van der Waals surface area contributed by atoms with Crippen LogP contribution in [0.5, 0.6) is 0 Å². The molecule has 0 aromatic heterocycles. The quantitative estimate of drug-likeness (QED) is 0.886. The molecule has 0 saturated heterocycles. The zero-order chi connectivity index (χ0) is 14.8. The predicted octanol–water partition coefficient (Wildman–Crippen LogP) is 3.82. The molecular formula is C17H22N2O2. The van der Waals surface area contributed by atoms with Gasteiger partial charge in [0.05, 0.1) is 0 Å². The summed E-state index contributed by atoms with van der Waals surface area (Å²) >= 11 is 0. The number of nitrogens with one attached hydrogen (secondary N) is 1. The highest BCUT2D eigenvalue weighted by Crippen LogP contribution is 2.41. The molecule has 3 rings (SSSR count). The molecule has 1 aromatic carbocycles. The van der Waals surface area contributed by atoms with E-state index in [-0.39, 0.29) is 5.78 Å². The van der Waals surface area contributed by atoms with Gasteiger partial charge in [0.25, 0.3) is 0 Å². The molecule has 0 spiro atoms. The summed E-state index contributed by atoms with van der Waals surface area (Å²) in [6, 6.07) is 4.94. The van der Waals surface area contributed by atoms with Gasteiger partial charge in [-0.15, -0.1) is 0 Å². The van der Waals surface area contributed by atoms with Gasteiger partial charge in [-0.25, -0.2) is 4.79 Å². The van der Waals surface area contributed by atoms with Gasteiger partial charge in [0.2, 0.25) is 0 Å². The monoisotopic (exact) mass is 286 g/mol. The van der Waals surface area contributed by atoms with Crippen LogP contribution in [0.25, 0.3) is 0 Å². The molecule has 2 aliphatic rings. The van der Waals surface area contributed by atoms with Crippen molar-refractivity contribution in [1.29, 1.82) is 0 Å². The lowest BCUT2D eigenvalue weighted by molar-refractivity contribution is 0.0985. The van der Waals surface area contributed by atoms with Crippen molar-refractivity contribution in [3.8, 4) is 0 Å². The van der Waals surface area contributed by atoms with Crippen molar-refractivity contribution in [3.63, 3.8) is 0 Å². The summed E-state index contributed by atoms with van der Waals surface area (Å²) < 4.78 is 0. The van der Waals surface area contributed by atoms with Crippen LogP contribution in [0.3, 0.4) is 0 Å². The minimum atomic E-state index is -0.567. The molecule has 0 unspecified atom stereocenters. The normalized spacial score (nSPS) is 22.1. The zero-order valence-electron chi connectivity index (χ0n) is 12.2. The predicted molar refractivity (Wildman–Crippen MR) is 82.5 cm³/mol. The third-order valence-electron chi connectivity index (χ3n) is 4.83. The molecular weight excluding hydrogens is 264 g/mol. The number of fused-ring (bicyclic) bond motifs is 1. The van der Waals surface area contributed by atoms with Gasteiger partial charge in [-0.2, -0.15) is 0 Å². The van der Waals surface area contributed by atoms with Gasteiger partial charge in [0.1, 0.15) is 0 Å². The van der Waals surface area contributed by atoms with E-state index in [1.54, 1.807) is 6.07 Å². The van der Waals surface area contributed by atoms with Gasteiger partial charge < -0.3 is 11.1 Å². The fourth-order valence-electron chi connectivity index (χ4n) is 3.85. The van der Waals surface area contributed by atoms with Crippen LogP contribution in [-0.4, -0.2) is 11.8 Å². The Morgan fingerprint density at radius 3 is 2.71 bits per heavy atom. The molecule has 1 aromatic rings. The lowest BCUT2D eigenvalue weighted by atomic mass is 9.81. The standard InChI is InChI=1S/C17H22N2O2/c18-17(21)19-13-6-7-14-15(10-13)12(9-16(14)20)8-11-4-2-1-3-5-11/h6-7,10-12H,1-5,8-9H2,(H3,18,19,21)/t12-/m1/s1. The number of urea groups is 1. The van der Waals surface area contributed by atoms with Gasteiger partial charge in [0, 0.05) is 17.7 Å². The second kappa shape index (κ2) is 5.88. The molecule has 4 heteroatoms. The van der Waals surface area contributed by atoms with Crippen molar-refractivity contribution in [1.82, 2.24) is 0 Å². The van der Waals surface area contributed by atoms with E-state index in [0.717, 1.165) is 23.5 Å². The van der Waals surface area contributed by atoms with Gasteiger partial charge in [-0.05, 0) is 42.0 Å². The van der Waals surface area contributed by atoms with Crippen LogP contribution in [0.1, 0.15) is 66.8 Å². The van der Waals surface area contributed by atoms with E-state index < -0.39 is 6.03 Å². The number of anilines is 1. The minimum absolute atomic E-state index is 0.233. The van der Waals surface area contributed by atoms with Gasteiger partial charge in [-0.3, -0.25) is 4.79 Å². The fraction of sp³-hybridized carbons (Fsp3) is 0.529. The molecule has 2 aliphatic carbocycles. The second-order valence-electron chi connectivity index (χ2n) is 6.36. The van der Waals surface area contributed by atoms with E-state index in [0.29, 0.717) is 18.0 Å². The highest BCUT2D eigenvalue weighted by Gasteiger charge is 2.31. The molecule has 2 amide bonds. The van der Waals surface area contributed by atoms with Crippen LogP contribution in [-0.2, 0) is 0 Å². The van der Waals surface area contributed by atoms with Crippen LogP contribution in [0, 0.1) is 5.92 Å². The first kappa shape index (κ1) is 14.1. The summed E-state index contributed by atoms with van der Waals surface area (Å²) in [6.45, 7) is 0. The number of Topliss-reactive ketones (excluding diaryl/α,β-unsaturated/α-hetero) is 1. The van der Waals surface area contributed by atoms with Crippen molar-refractivity contribution in [2.24, 2.45) is 11.7 Å². The molecule has 1 saturated carbocycles. The summed E-state index contributed by atoms with van der Waals surface area (Å²) in [5, 5.41) is 2.60. The Labute approximate surface area is 125 Å². The largest absolute Gasteiger partial charge is 0.351 e. The third kappa shape index (κ3) is 3.09. The molecule has 21 heavy (non-hydrogen) atoms. The van der Waals surface area contributed by atoms with Crippen LogP contribution in [0.4, 0.5) is 10.5 Å². The first-order chi connectivity index (χ1) is 10.1. The molecule has 0 heterocycles. The number of ketones is 1. The molecule has 112 valence electrons. The Balaban J connectivity index is 1.79. The first-order valence-corrected chi connectivity index (χ1v) is 7.87. The number of hydrogen-bond acceptors (Lipinski definition) is 2. The Bertz CT molecular complexity index is 562. The van der Waals surface area contributed by atoms with Crippen LogP contribution in [0.2, 0.25) is 0 Å². The van der Waals surface area contributed by atoms with Crippen molar-refractivity contribution < 1.29 is 9.59 Å². The van der Waals surface area contributed by atoms with E-state index in [1.165, 1.54) is 32.1 Å². The molecule has 4 nitrogen and oxygen atoms in total. The Hall–Kier alpha value is -1.84. The summed E-state index contributed by atoms with van der Waals surface area (Å²) in [6.07, 6.45) is 8.29. The Kier molecular flexibility index (Phi) is 3.95. The summed E-state index contributed by atoms with van der Waals surface area (Å²) in [5.74, 6) is 1.29. The number of carbonyl (C=O) groups excluding carboxylic acids is 2. The molecule has 1 atom stereocenters. The Morgan fingerprint density at radius 2 is 2.00 bits per heavy atom. The SMILES string of the molecule is NC(=O)Nc1ccc2c(c1)[C@H](CC1CCCCC1)CC2=O. The lowest BCUT2D eigenvalue weighted by Crippen LogP contribution is -2.19. The summed E-state index contributed by atoms with van der Waals surface area (Å²) in [5.41, 5.74) is 7.77. The average Bonchev–Trinajstić information content (AvgIpc) is 2.75.